The van der Waals surface area contributed by atoms with Crippen molar-refractivity contribution in [2.24, 2.45) is 0 Å². The van der Waals surface area contributed by atoms with Crippen molar-refractivity contribution >= 4 is 10.9 Å². The van der Waals surface area contributed by atoms with E-state index >= 15 is 0 Å². The number of H-pyrrole nitrogens is 1. The molecule has 2 rings (SSSR count). The highest BCUT2D eigenvalue weighted by molar-refractivity contribution is 5.89. The maximum absolute atomic E-state index is 11.7. The third-order valence-corrected chi connectivity index (χ3v) is 2.95. The van der Waals surface area contributed by atoms with Gasteiger partial charge in [0.25, 0.3) is 5.56 Å². The minimum Gasteiger partial charge on any atom is -0.321 e. The van der Waals surface area contributed by atoms with Gasteiger partial charge in [-0.15, -0.1) is 0 Å². The Kier molecular flexibility index (Phi) is 2.28. The lowest BCUT2D eigenvalue weighted by Gasteiger charge is -2.09. The number of hydrogen-bond donors (Lipinski definition) is 1. The van der Waals surface area contributed by atoms with Crippen LogP contribution in [0.5, 0.6) is 0 Å². The molecule has 0 spiro atoms. The van der Waals surface area contributed by atoms with Crippen LogP contribution in [0.3, 0.4) is 0 Å². The molecule has 3 heteroatoms. The summed E-state index contributed by atoms with van der Waals surface area (Å²) in [5.41, 5.74) is 3.60. The molecule has 80 valence electrons. The van der Waals surface area contributed by atoms with E-state index in [0.717, 1.165) is 27.6 Å². The van der Waals surface area contributed by atoms with Gasteiger partial charge in [0.2, 0.25) is 0 Å². The molecule has 0 saturated heterocycles. The van der Waals surface area contributed by atoms with E-state index in [0.29, 0.717) is 0 Å². The molecule has 0 atom stereocenters. The highest BCUT2D eigenvalue weighted by Crippen LogP contribution is 2.23. The lowest BCUT2D eigenvalue weighted by Crippen LogP contribution is -2.13. The first-order valence-electron chi connectivity index (χ1n) is 5.09. The van der Waals surface area contributed by atoms with Gasteiger partial charge in [0, 0.05) is 5.39 Å². The van der Waals surface area contributed by atoms with Crippen molar-refractivity contribution in [3.05, 3.63) is 44.7 Å². The first-order chi connectivity index (χ1) is 7.56. The Bertz CT molecular complexity index is 675. The predicted molar refractivity (Wildman–Crippen MR) is 63.5 cm³/mol. The molecule has 0 amide bonds. The van der Waals surface area contributed by atoms with Crippen LogP contribution in [-0.2, 0) is 0 Å². The molecule has 3 nitrogen and oxygen atoms in total. The van der Waals surface area contributed by atoms with E-state index in [9.17, 15) is 4.79 Å². The Morgan fingerprint density at radius 2 is 1.81 bits per heavy atom. The van der Waals surface area contributed by atoms with Crippen LogP contribution in [0.2, 0.25) is 0 Å². The number of nitriles is 1. The van der Waals surface area contributed by atoms with Gasteiger partial charge in [0.15, 0.2) is 0 Å². The van der Waals surface area contributed by atoms with Crippen LogP contribution < -0.4 is 5.56 Å². The summed E-state index contributed by atoms with van der Waals surface area (Å²) in [6.45, 7) is 5.75. The minimum absolute atomic E-state index is 0.209. The van der Waals surface area contributed by atoms with Crippen molar-refractivity contribution in [3.8, 4) is 6.07 Å². The summed E-state index contributed by atoms with van der Waals surface area (Å²) in [5, 5.41) is 9.93. The van der Waals surface area contributed by atoms with Crippen LogP contribution in [0.15, 0.2) is 16.9 Å². The molecule has 0 aliphatic heterocycles. The smallest absolute Gasteiger partial charge is 0.266 e. The topological polar surface area (TPSA) is 56.6 Å². The molecule has 0 unspecified atom stereocenters. The fourth-order valence-electron chi connectivity index (χ4n) is 2.06. The lowest BCUT2D eigenvalue weighted by molar-refractivity contribution is 1.22. The molecular weight excluding hydrogens is 200 g/mol. The van der Waals surface area contributed by atoms with Crippen LogP contribution in [0.25, 0.3) is 10.9 Å². The van der Waals surface area contributed by atoms with Crippen molar-refractivity contribution in [2.75, 3.05) is 0 Å². The third-order valence-electron chi connectivity index (χ3n) is 2.95. The van der Waals surface area contributed by atoms with Gasteiger partial charge in [-0.1, -0.05) is 12.1 Å². The van der Waals surface area contributed by atoms with E-state index < -0.39 is 0 Å². The second-order valence-electron chi connectivity index (χ2n) is 4.02. The van der Waals surface area contributed by atoms with Crippen molar-refractivity contribution < 1.29 is 0 Å². The molecule has 0 aliphatic rings. The molecule has 1 heterocycles. The maximum atomic E-state index is 11.7. The summed E-state index contributed by atoms with van der Waals surface area (Å²) in [7, 11) is 0. The molecule has 1 aromatic heterocycles. The molecule has 0 aliphatic carbocycles. The monoisotopic (exact) mass is 212 g/mol. The number of aromatic nitrogens is 1. The van der Waals surface area contributed by atoms with Crippen LogP contribution in [0, 0.1) is 32.1 Å². The van der Waals surface area contributed by atoms with E-state index in [1.54, 1.807) is 0 Å². The highest BCUT2D eigenvalue weighted by atomic mass is 16.1. The van der Waals surface area contributed by atoms with Crippen LogP contribution in [0.4, 0.5) is 0 Å². The van der Waals surface area contributed by atoms with Crippen LogP contribution in [-0.4, -0.2) is 4.98 Å². The number of hydrogen-bond acceptors (Lipinski definition) is 2. The van der Waals surface area contributed by atoms with Crippen molar-refractivity contribution in [3.63, 3.8) is 0 Å². The quantitative estimate of drug-likeness (QED) is 0.728. The molecule has 16 heavy (non-hydrogen) atoms. The second kappa shape index (κ2) is 3.49. The van der Waals surface area contributed by atoms with Gasteiger partial charge in [-0.2, -0.15) is 5.26 Å². The molecule has 1 N–H and O–H groups in total. The number of benzene rings is 1. The zero-order chi connectivity index (χ0) is 11.9. The van der Waals surface area contributed by atoms with Gasteiger partial charge in [-0.25, -0.2) is 0 Å². The van der Waals surface area contributed by atoms with Gasteiger partial charge in [0.05, 0.1) is 5.52 Å². The fraction of sp³-hybridized carbons (Fsp3) is 0.231. The number of fused-ring (bicyclic) bond motifs is 1. The normalized spacial score (nSPS) is 10.4. The Balaban J connectivity index is 3.12. The zero-order valence-corrected chi connectivity index (χ0v) is 9.51. The number of rotatable bonds is 0. The summed E-state index contributed by atoms with van der Waals surface area (Å²) < 4.78 is 0. The van der Waals surface area contributed by atoms with Crippen molar-refractivity contribution in [1.82, 2.24) is 4.98 Å². The molecular formula is C13H12N2O. The van der Waals surface area contributed by atoms with E-state index in [1.807, 2.05) is 39.0 Å². The number of aryl methyl sites for hydroxylation is 3. The summed E-state index contributed by atoms with van der Waals surface area (Å²) in [6.07, 6.45) is 0. The van der Waals surface area contributed by atoms with E-state index in [1.165, 1.54) is 0 Å². The van der Waals surface area contributed by atoms with Gasteiger partial charge in [0.1, 0.15) is 11.6 Å². The average Bonchev–Trinajstić information content (AvgIpc) is 2.24. The van der Waals surface area contributed by atoms with Crippen molar-refractivity contribution in [1.29, 1.82) is 5.26 Å². The van der Waals surface area contributed by atoms with E-state index in [2.05, 4.69) is 4.98 Å². The van der Waals surface area contributed by atoms with Crippen molar-refractivity contribution in [2.45, 2.75) is 20.8 Å². The molecule has 0 radical (unpaired) electrons. The van der Waals surface area contributed by atoms with Gasteiger partial charge in [-0.3, -0.25) is 4.79 Å². The summed E-state index contributed by atoms with van der Waals surface area (Å²) in [5.74, 6) is 0. The number of pyridine rings is 1. The minimum atomic E-state index is -0.304. The molecule has 0 bridgehead atoms. The lowest BCUT2D eigenvalue weighted by atomic mass is 9.99. The molecule has 1 aromatic carbocycles. The third kappa shape index (κ3) is 1.31. The Hall–Kier alpha value is -2.08. The SMILES string of the molecule is Cc1ccc(C)c2c(C)c(C#N)c(=O)[nH]c12. The Morgan fingerprint density at radius 3 is 2.44 bits per heavy atom. The Labute approximate surface area is 93.3 Å². The van der Waals surface area contributed by atoms with E-state index in [4.69, 9.17) is 5.26 Å². The molecule has 0 fully saturated rings. The van der Waals surface area contributed by atoms with Gasteiger partial charge < -0.3 is 4.98 Å². The largest absolute Gasteiger partial charge is 0.321 e. The Morgan fingerprint density at radius 1 is 1.19 bits per heavy atom. The predicted octanol–water partition coefficient (Wildman–Crippen LogP) is 2.33. The van der Waals surface area contributed by atoms with E-state index in [-0.39, 0.29) is 11.1 Å². The number of nitrogens with zero attached hydrogens (tertiary/aromatic N) is 1. The second-order valence-corrected chi connectivity index (χ2v) is 4.02. The summed E-state index contributed by atoms with van der Waals surface area (Å²) in [6, 6.07) is 5.93. The van der Waals surface area contributed by atoms with Crippen LogP contribution >= 0.6 is 0 Å². The van der Waals surface area contributed by atoms with Gasteiger partial charge in [-0.05, 0) is 37.5 Å². The standard InChI is InChI=1S/C13H12N2O/c1-7-4-5-8(2)12-11(7)9(3)10(6-14)13(16)15-12/h4-5H,1-3H3,(H,15,16). The summed E-state index contributed by atoms with van der Waals surface area (Å²) in [4.78, 5) is 14.5. The maximum Gasteiger partial charge on any atom is 0.266 e. The fourth-order valence-corrected chi connectivity index (χ4v) is 2.06. The molecule has 0 saturated carbocycles. The number of nitrogens with one attached hydrogen (secondary N) is 1. The zero-order valence-electron chi connectivity index (χ0n) is 9.51. The number of aromatic amines is 1. The van der Waals surface area contributed by atoms with Crippen LogP contribution in [0.1, 0.15) is 22.3 Å². The summed E-state index contributed by atoms with van der Waals surface area (Å²) >= 11 is 0. The van der Waals surface area contributed by atoms with Gasteiger partial charge >= 0.3 is 0 Å². The first-order valence-corrected chi connectivity index (χ1v) is 5.09. The average molecular weight is 212 g/mol. The molecule has 2 aromatic rings. The highest BCUT2D eigenvalue weighted by Gasteiger charge is 2.11. The first kappa shape index (κ1) is 10.4.